The van der Waals surface area contributed by atoms with Gasteiger partial charge in [-0.3, -0.25) is 0 Å². The summed E-state index contributed by atoms with van der Waals surface area (Å²) in [4.78, 5) is 5.17. The Labute approximate surface area is 127 Å². The predicted molar refractivity (Wildman–Crippen MR) is 84.7 cm³/mol. The summed E-state index contributed by atoms with van der Waals surface area (Å²) in [7, 11) is 0. The quantitative estimate of drug-likeness (QED) is 0.821. The number of aromatic nitrogens is 1. The third-order valence-corrected chi connectivity index (χ3v) is 4.51. The molecule has 1 aromatic carbocycles. The van der Waals surface area contributed by atoms with Crippen molar-refractivity contribution in [3.8, 4) is 0 Å². The number of thiazole rings is 1. The molecule has 2 aromatic rings. The van der Waals surface area contributed by atoms with E-state index in [1.807, 2.05) is 12.3 Å². The molecule has 0 atom stereocenters. The zero-order chi connectivity index (χ0) is 13.8. The number of nitrogens with one attached hydrogen (secondary N) is 1. The van der Waals surface area contributed by atoms with Crippen LogP contribution < -0.4 is 5.32 Å². The molecule has 0 saturated carbocycles. The molecule has 1 heterocycles. The second-order valence-corrected chi connectivity index (χ2v) is 6.30. The maximum atomic E-state index is 6.27. The summed E-state index contributed by atoms with van der Waals surface area (Å²) >= 11 is 13.6. The second-order valence-electron chi connectivity index (χ2n) is 4.20. The van der Waals surface area contributed by atoms with Crippen LogP contribution in [0.3, 0.4) is 0 Å². The Morgan fingerprint density at radius 2 is 2.00 bits per heavy atom. The van der Waals surface area contributed by atoms with Gasteiger partial charge in [0.15, 0.2) is 4.47 Å². The second kappa shape index (κ2) is 6.60. The molecule has 0 spiro atoms. The summed E-state index contributed by atoms with van der Waals surface area (Å²) in [6.45, 7) is 5.00. The van der Waals surface area contributed by atoms with Crippen LogP contribution in [0.2, 0.25) is 9.49 Å². The lowest BCUT2D eigenvalue weighted by molar-refractivity contribution is 1.05. The van der Waals surface area contributed by atoms with Gasteiger partial charge in [-0.05, 0) is 30.0 Å². The molecule has 5 heteroatoms. The molecular formula is C14H16Cl2N2S. The van der Waals surface area contributed by atoms with Crippen molar-refractivity contribution >= 4 is 40.2 Å². The van der Waals surface area contributed by atoms with Crippen molar-refractivity contribution in [2.24, 2.45) is 0 Å². The number of benzene rings is 1. The first-order valence-electron chi connectivity index (χ1n) is 6.30. The molecule has 0 amide bonds. The molecule has 0 unspecified atom stereocenters. The highest BCUT2D eigenvalue weighted by Gasteiger charge is 2.10. The van der Waals surface area contributed by atoms with Crippen LogP contribution >= 0.6 is 34.5 Å². The van der Waals surface area contributed by atoms with Crippen LogP contribution in [0.4, 0.5) is 5.69 Å². The van der Waals surface area contributed by atoms with E-state index >= 15 is 0 Å². The summed E-state index contributed by atoms with van der Waals surface area (Å²) in [5.74, 6) is 0. The van der Waals surface area contributed by atoms with Gasteiger partial charge >= 0.3 is 0 Å². The maximum absolute atomic E-state index is 6.27. The Kier molecular flexibility index (Phi) is 5.08. The van der Waals surface area contributed by atoms with E-state index in [1.54, 1.807) is 0 Å². The van der Waals surface area contributed by atoms with Gasteiger partial charge in [-0.2, -0.15) is 0 Å². The van der Waals surface area contributed by atoms with Crippen molar-refractivity contribution in [2.45, 2.75) is 33.2 Å². The standard InChI is InChI=1S/C14H16Cl2N2S/c1-3-9-5-6-12(15)11(4-2)13(9)17-7-10-8-18-14(16)19-10/h5-6,8,17H,3-4,7H2,1-2H3. The van der Waals surface area contributed by atoms with E-state index in [9.17, 15) is 0 Å². The fourth-order valence-corrected chi connectivity index (χ4v) is 3.28. The maximum Gasteiger partial charge on any atom is 0.183 e. The first-order valence-corrected chi connectivity index (χ1v) is 7.87. The fourth-order valence-electron chi connectivity index (χ4n) is 2.07. The van der Waals surface area contributed by atoms with Gasteiger partial charge in [0.25, 0.3) is 0 Å². The van der Waals surface area contributed by atoms with Crippen LogP contribution in [-0.2, 0) is 19.4 Å². The van der Waals surface area contributed by atoms with E-state index in [1.165, 1.54) is 22.5 Å². The van der Waals surface area contributed by atoms with Crippen LogP contribution in [0, 0.1) is 0 Å². The van der Waals surface area contributed by atoms with Crippen LogP contribution in [0.1, 0.15) is 29.9 Å². The highest BCUT2D eigenvalue weighted by molar-refractivity contribution is 7.15. The largest absolute Gasteiger partial charge is 0.380 e. The molecule has 0 aliphatic rings. The molecule has 0 bridgehead atoms. The molecule has 0 fully saturated rings. The van der Waals surface area contributed by atoms with E-state index in [0.29, 0.717) is 4.47 Å². The van der Waals surface area contributed by atoms with E-state index in [0.717, 1.165) is 35.0 Å². The highest BCUT2D eigenvalue weighted by Crippen LogP contribution is 2.30. The van der Waals surface area contributed by atoms with E-state index < -0.39 is 0 Å². The molecule has 2 rings (SSSR count). The average molecular weight is 315 g/mol. The van der Waals surface area contributed by atoms with Crippen molar-refractivity contribution in [2.75, 3.05) is 5.32 Å². The normalized spacial score (nSPS) is 10.7. The zero-order valence-corrected chi connectivity index (χ0v) is 13.3. The van der Waals surface area contributed by atoms with E-state index in [4.69, 9.17) is 23.2 Å². The molecular weight excluding hydrogens is 299 g/mol. The third kappa shape index (κ3) is 3.41. The minimum absolute atomic E-state index is 0.578. The van der Waals surface area contributed by atoms with Crippen molar-refractivity contribution in [1.82, 2.24) is 4.98 Å². The van der Waals surface area contributed by atoms with Gasteiger partial charge in [0.2, 0.25) is 0 Å². The van der Waals surface area contributed by atoms with Crippen molar-refractivity contribution in [3.05, 3.63) is 43.8 Å². The Morgan fingerprint density at radius 3 is 2.58 bits per heavy atom. The smallest absolute Gasteiger partial charge is 0.183 e. The summed E-state index contributed by atoms with van der Waals surface area (Å²) in [5, 5.41) is 4.31. The molecule has 102 valence electrons. The lowest BCUT2D eigenvalue weighted by Crippen LogP contribution is -2.05. The monoisotopic (exact) mass is 314 g/mol. The Balaban J connectivity index is 2.24. The number of nitrogens with zero attached hydrogens (tertiary/aromatic N) is 1. The van der Waals surface area contributed by atoms with Gasteiger partial charge in [-0.25, -0.2) is 4.98 Å². The third-order valence-electron chi connectivity index (χ3n) is 3.04. The molecule has 0 saturated heterocycles. The summed E-state index contributed by atoms with van der Waals surface area (Å²) in [6.07, 6.45) is 3.70. The number of hydrogen-bond acceptors (Lipinski definition) is 3. The topological polar surface area (TPSA) is 24.9 Å². The van der Waals surface area contributed by atoms with Gasteiger partial charge in [0, 0.05) is 21.8 Å². The minimum Gasteiger partial charge on any atom is -0.380 e. The summed E-state index contributed by atoms with van der Waals surface area (Å²) < 4.78 is 0.578. The molecule has 2 nitrogen and oxygen atoms in total. The minimum atomic E-state index is 0.578. The van der Waals surface area contributed by atoms with Crippen LogP contribution in [0.15, 0.2) is 18.3 Å². The molecule has 19 heavy (non-hydrogen) atoms. The van der Waals surface area contributed by atoms with E-state index in [-0.39, 0.29) is 0 Å². The number of anilines is 1. The van der Waals surface area contributed by atoms with Crippen LogP contribution in [0.25, 0.3) is 0 Å². The van der Waals surface area contributed by atoms with Crippen molar-refractivity contribution < 1.29 is 0 Å². The average Bonchev–Trinajstić information content (AvgIpc) is 2.82. The van der Waals surface area contributed by atoms with Crippen molar-refractivity contribution in [1.29, 1.82) is 0 Å². The highest BCUT2D eigenvalue weighted by atomic mass is 35.5. The molecule has 1 aromatic heterocycles. The SMILES string of the molecule is CCc1ccc(Cl)c(CC)c1NCc1cnc(Cl)s1. The van der Waals surface area contributed by atoms with Crippen LogP contribution in [-0.4, -0.2) is 4.98 Å². The first-order chi connectivity index (χ1) is 9.15. The van der Waals surface area contributed by atoms with Gasteiger partial charge < -0.3 is 5.32 Å². The van der Waals surface area contributed by atoms with Crippen molar-refractivity contribution in [3.63, 3.8) is 0 Å². The van der Waals surface area contributed by atoms with Gasteiger partial charge in [-0.1, -0.05) is 43.1 Å². The summed E-state index contributed by atoms with van der Waals surface area (Å²) in [6, 6.07) is 4.07. The molecule has 0 aliphatic carbocycles. The molecule has 0 aliphatic heterocycles. The Bertz CT molecular complexity index is 567. The number of hydrogen-bond donors (Lipinski definition) is 1. The first kappa shape index (κ1) is 14.6. The number of aryl methyl sites for hydroxylation is 1. The van der Waals surface area contributed by atoms with Gasteiger partial charge in [0.05, 0.1) is 6.54 Å². The van der Waals surface area contributed by atoms with Crippen LogP contribution in [0.5, 0.6) is 0 Å². The zero-order valence-electron chi connectivity index (χ0n) is 11.0. The lowest BCUT2D eigenvalue weighted by Gasteiger charge is -2.16. The van der Waals surface area contributed by atoms with E-state index in [2.05, 4.69) is 30.2 Å². The number of halogens is 2. The number of rotatable bonds is 5. The Hall–Kier alpha value is -0.770. The van der Waals surface area contributed by atoms with Gasteiger partial charge in [-0.15, -0.1) is 11.3 Å². The van der Waals surface area contributed by atoms with Gasteiger partial charge in [0.1, 0.15) is 0 Å². The Morgan fingerprint density at radius 1 is 1.21 bits per heavy atom. The summed E-state index contributed by atoms with van der Waals surface area (Å²) in [5.41, 5.74) is 3.62. The molecule has 1 N–H and O–H groups in total. The lowest BCUT2D eigenvalue weighted by atomic mass is 10.0. The fraction of sp³-hybridized carbons (Fsp3) is 0.357. The molecule has 0 radical (unpaired) electrons. The predicted octanol–water partition coefficient (Wildman–Crippen LogP) is 5.19.